The standard InChI is InChI=1S/C23H28ClN3O4S2/c1-14(2)12-27(13-15(3)4)33(29,30)17-7-8-19-21(11-17)32-23(25-19)26-22(28)18-10-16(24)6-9-20(18)31-5/h6-11,14-15H,12-13H2,1-5H3,(H,25,26,28). The van der Waals surface area contributed by atoms with Gasteiger partial charge in [-0.25, -0.2) is 13.4 Å². The molecule has 178 valence electrons. The third-order valence-electron chi connectivity index (χ3n) is 4.76. The molecule has 33 heavy (non-hydrogen) atoms. The maximum atomic E-state index is 13.3. The van der Waals surface area contributed by atoms with Crippen LogP contribution in [0, 0.1) is 11.8 Å². The molecule has 1 amide bonds. The second-order valence-corrected chi connectivity index (χ2v) is 12.0. The number of methoxy groups -OCH3 is 1. The molecular formula is C23H28ClN3O4S2. The minimum Gasteiger partial charge on any atom is -0.496 e. The molecule has 1 N–H and O–H groups in total. The zero-order valence-electron chi connectivity index (χ0n) is 19.3. The first-order chi connectivity index (χ1) is 15.5. The van der Waals surface area contributed by atoms with Crippen LogP contribution in [-0.4, -0.2) is 43.8 Å². The quantitative estimate of drug-likeness (QED) is 0.410. The molecular weight excluding hydrogens is 482 g/mol. The number of ether oxygens (including phenoxy) is 1. The Kier molecular flexibility index (Phi) is 8.00. The van der Waals surface area contributed by atoms with Crippen LogP contribution in [0.1, 0.15) is 38.1 Å². The van der Waals surface area contributed by atoms with E-state index >= 15 is 0 Å². The van der Waals surface area contributed by atoms with Gasteiger partial charge in [0.2, 0.25) is 10.0 Å². The van der Waals surface area contributed by atoms with Gasteiger partial charge in [0.25, 0.3) is 5.91 Å². The van der Waals surface area contributed by atoms with Crippen molar-refractivity contribution in [2.24, 2.45) is 11.8 Å². The van der Waals surface area contributed by atoms with Gasteiger partial charge in [0, 0.05) is 18.1 Å². The number of benzene rings is 2. The van der Waals surface area contributed by atoms with Crippen LogP contribution in [0.3, 0.4) is 0 Å². The summed E-state index contributed by atoms with van der Waals surface area (Å²) < 4.78 is 34.1. The maximum Gasteiger partial charge on any atom is 0.261 e. The first kappa shape index (κ1) is 25.4. The fraction of sp³-hybridized carbons (Fsp3) is 0.391. The summed E-state index contributed by atoms with van der Waals surface area (Å²) in [6.07, 6.45) is 0. The summed E-state index contributed by atoms with van der Waals surface area (Å²) in [5, 5.41) is 3.52. The molecule has 0 atom stereocenters. The third-order valence-corrected chi connectivity index (χ3v) is 7.76. The topological polar surface area (TPSA) is 88.6 Å². The van der Waals surface area contributed by atoms with Gasteiger partial charge in [0.05, 0.1) is 27.8 Å². The molecule has 0 aliphatic rings. The Morgan fingerprint density at radius 1 is 1.12 bits per heavy atom. The summed E-state index contributed by atoms with van der Waals surface area (Å²) in [7, 11) is -2.19. The summed E-state index contributed by atoms with van der Waals surface area (Å²) in [5.41, 5.74) is 0.886. The van der Waals surface area contributed by atoms with E-state index in [4.69, 9.17) is 16.3 Å². The molecule has 0 bridgehead atoms. The van der Waals surface area contributed by atoms with Crippen molar-refractivity contribution in [3.8, 4) is 5.75 Å². The minimum absolute atomic E-state index is 0.205. The van der Waals surface area contributed by atoms with Crippen LogP contribution in [-0.2, 0) is 10.0 Å². The van der Waals surface area contributed by atoms with Gasteiger partial charge in [-0.1, -0.05) is 50.6 Å². The van der Waals surface area contributed by atoms with Crippen molar-refractivity contribution >= 4 is 54.2 Å². The summed E-state index contributed by atoms with van der Waals surface area (Å²) in [6, 6.07) is 9.62. The highest BCUT2D eigenvalue weighted by atomic mass is 35.5. The number of thiazole rings is 1. The highest BCUT2D eigenvalue weighted by molar-refractivity contribution is 7.89. The van der Waals surface area contributed by atoms with E-state index < -0.39 is 15.9 Å². The Bertz CT molecular complexity index is 1250. The predicted molar refractivity (Wildman–Crippen MR) is 134 cm³/mol. The number of sulfonamides is 1. The second kappa shape index (κ2) is 10.4. The molecule has 0 saturated carbocycles. The van der Waals surface area contributed by atoms with Crippen molar-refractivity contribution in [1.82, 2.24) is 9.29 Å². The van der Waals surface area contributed by atoms with Crippen molar-refractivity contribution in [3.63, 3.8) is 0 Å². The van der Waals surface area contributed by atoms with E-state index in [9.17, 15) is 13.2 Å². The first-order valence-corrected chi connectivity index (χ1v) is 13.2. The zero-order chi connectivity index (χ0) is 24.3. The molecule has 0 aliphatic carbocycles. The lowest BCUT2D eigenvalue weighted by Gasteiger charge is -2.25. The number of aromatic nitrogens is 1. The van der Waals surface area contributed by atoms with Crippen molar-refractivity contribution in [2.75, 3.05) is 25.5 Å². The van der Waals surface area contributed by atoms with Crippen molar-refractivity contribution in [2.45, 2.75) is 32.6 Å². The Hall–Kier alpha value is -2.20. The van der Waals surface area contributed by atoms with Crippen LogP contribution >= 0.6 is 22.9 Å². The van der Waals surface area contributed by atoms with Gasteiger partial charge in [-0.15, -0.1) is 0 Å². The SMILES string of the molecule is COc1ccc(Cl)cc1C(=O)Nc1nc2ccc(S(=O)(=O)N(CC(C)C)CC(C)C)cc2s1. The third kappa shape index (κ3) is 6.03. The molecule has 1 aromatic heterocycles. The van der Waals surface area contributed by atoms with Gasteiger partial charge in [-0.2, -0.15) is 4.31 Å². The van der Waals surface area contributed by atoms with E-state index in [1.54, 1.807) is 34.6 Å². The normalized spacial score (nSPS) is 12.2. The number of hydrogen-bond donors (Lipinski definition) is 1. The van der Waals surface area contributed by atoms with Gasteiger partial charge >= 0.3 is 0 Å². The van der Waals surface area contributed by atoms with E-state index in [2.05, 4.69) is 10.3 Å². The Labute approximate surface area is 203 Å². The number of nitrogens with zero attached hydrogens (tertiary/aromatic N) is 2. The number of nitrogens with one attached hydrogen (secondary N) is 1. The smallest absolute Gasteiger partial charge is 0.261 e. The van der Waals surface area contributed by atoms with Crippen LogP contribution in [0.5, 0.6) is 5.75 Å². The monoisotopic (exact) mass is 509 g/mol. The molecule has 10 heteroatoms. The molecule has 2 aromatic carbocycles. The van der Waals surface area contributed by atoms with Gasteiger partial charge in [0.1, 0.15) is 5.75 Å². The number of amides is 1. The average Bonchev–Trinajstić information content (AvgIpc) is 3.13. The zero-order valence-corrected chi connectivity index (χ0v) is 21.6. The summed E-state index contributed by atoms with van der Waals surface area (Å²) in [4.78, 5) is 17.4. The van der Waals surface area contributed by atoms with Crippen LogP contribution < -0.4 is 10.1 Å². The maximum absolute atomic E-state index is 13.3. The molecule has 0 spiro atoms. The van der Waals surface area contributed by atoms with Crippen LogP contribution in [0.4, 0.5) is 5.13 Å². The van der Waals surface area contributed by atoms with Crippen molar-refractivity contribution in [3.05, 3.63) is 47.0 Å². The van der Waals surface area contributed by atoms with Crippen molar-refractivity contribution < 1.29 is 17.9 Å². The van der Waals surface area contributed by atoms with Crippen LogP contribution in [0.2, 0.25) is 5.02 Å². The van der Waals surface area contributed by atoms with Crippen LogP contribution in [0.25, 0.3) is 10.2 Å². The van der Waals surface area contributed by atoms with E-state index in [0.29, 0.717) is 39.2 Å². The number of hydrogen-bond acceptors (Lipinski definition) is 6. The second-order valence-electron chi connectivity index (χ2n) is 8.56. The van der Waals surface area contributed by atoms with Crippen molar-refractivity contribution in [1.29, 1.82) is 0 Å². The number of carbonyl (C=O) groups excluding carboxylic acids is 1. The molecule has 0 saturated heterocycles. The molecule has 7 nitrogen and oxygen atoms in total. The lowest BCUT2D eigenvalue weighted by atomic mass is 10.2. The Balaban J connectivity index is 1.90. The highest BCUT2D eigenvalue weighted by Crippen LogP contribution is 2.31. The first-order valence-electron chi connectivity index (χ1n) is 10.6. The number of rotatable bonds is 9. The fourth-order valence-electron chi connectivity index (χ4n) is 3.38. The molecule has 3 rings (SSSR count). The van der Waals surface area contributed by atoms with E-state index in [0.717, 1.165) is 0 Å². The molecule has 0 unspecified atom stereocenters. The molecule has 0 radical (unpaired) electrons. The van der Waals surface area contributed by atoms with E-state index in [1.807, 2.05) is 27.7 Å². The Morgan fingerprint density at radius 2 is 1.79 bits per heavy atom. The van der Waals surface area contributed by atoms with Gasteiger partial charge in [0.15, 0.2) is 5.13 Å². The molecule has 0 aliphatic heterocycles. The van der Waals surface area contributed by atoms with Gasteiger partial charge < -0.3 is 4.74 Å². The number of halogens is 1. The highest BCUT2D eigenvalue weighted by Gasteiger charge is 2.26. The minimum atomic E-state index is -3.66. The number of anilines is 1. The van der Waals surface area contributed by atoms with E-state index in [-0.39, 0.29) is 22.3 Å². The largest absolute Gasteiger partial charge is 0.496 e. The van der Waals surface area contributed by atoms with Gasteiger partial charge in [-0.05, 0) is 48.2 Å². The molecule has 1 heterocycles. The average molecular weight is 510 g/mol. The summed E-state index contributed by atoms with van der Waals surface area (Å²) >= 11 is 7.23. The Morgan fingerprint density at radius 3 is 2.39 bits per heavy atom. The van der Waals surface area contributed by atoms with E-state index in [1.165, 1.54) is 24.5 Å². The lowest BCUT2D eigenvalue weighted by Crippen LogP contribution is -2.37. The van der Waals surface area contributed by atoms with Crippen LogP contribution in [0.15, 0.2) is 41.3 Å². The fourth-order valence-corrected chi connectivity index (χ4v) is 6.32. The number of fused-ring (bicyclic) bond motifs is 1. The molecule has 0 fully saturated rings. The number of carbonyl (C=O) groups is 1. The summed E-state index contributed by atoms with van der Waals surface area (Å²) in [5.74, 6) is 0.384. The summed E-state index contributed by atoms with van der Waals surface area (Å²) in [6.45, 7) is 8.89. The predicted octanol–water partition coefficient (Wildman–Crippen LogP) is 5.51. The molecule has 3 aromatic rings. The van der Waals surface area contributed by atoms with Gasteiger partial charge in [-0.3, -0.25) is 10.1 Å². The lowest BCUT2D eigenvalue weighted by molar-refractivity contribution is 0.102.